The second-order valence-electron chi connectivity index (χ2n) is 8.50. The minimum Gasteiger partial charge on any atom is -0.491 e. The van der Waals surface area contributed by atoms with Crippen molar-refractivity contribution in [2.24, 2.45) is 7.05 Å². The van der Waals surface area contributed by atoms with E-state index in [-0.39, 0.29) is 18.4 Å². The molecular weight excluding hydrogens is 422 g/mol. The van der Waals surface area contributed by atoms with Crippen LogP contribution in [0.15, 0.2) is 42.6 Å². The number of carbonyl (C=O) groups is 2. The van der Waals surface area contributed by atoms with Gasteiger partial charge >= 0.3 is 0 Å². The zero-order valence-corrected chi connectivity index (χ0v) is 19.2. The van der Waals surface area contributed by atoms with Crippen LogP contribution in [0.4, 0.5) is 5.69 Å². The predicted octanol–water partition coefficient (Wildman–Crippen LogP) is 1.44. The Kier molecular flexibility index (Phi) is 7.10. The number of rotatable bonds is 3. The van der Waals surface area contributed by atoms with E-state index in [4.69, 9.17) is 9.47 Å². The average Bonchev–Trinajstić information content (AvgIpc) is 3.10. The number of benzene rings is 1. The van der Waals surface area contributed by atoms with Gasteiger partial charge in [0.25, 0.3) is 5.91 Å². The van der Waals surface area contributed by atoms with Gasteiger partial charge in [-0.1, -0.05) is 30.4 Å². The van der Waals surface area contributed by atoms with Crippen LogP contribution in [0.2, 0.25) is 0 Å². The van der Waals surface area contributed by atoms with Crippen molar-refractivity contribution in [3.8, 4) is 5.75 Å². The Morgan fingerprint density at radius 2 is 2.12 bits per heavy atom. The number of fused-ring (bicyclic) bond motifs is 1. The fraction of sp³-hybridized carbons (Fsp3) is 0.458. The van der Waals surface area contributed by atoms with Gasteiger partial charge in [0.2, 0.25) is 5.91 Å². The van der Waals surface area contributed by atoms with Crippen LogP contribution >= 0.6 is 0 Å². The molecule has 1 spiro atoms. The summed E-state index contributed by atoms with van der Waals surface area (Å²) in [4.78, 5) is 27.8. The fourth-order valence-electron chi connectivity index (χ4n) is 4.24. The van der Waals surface area contributed by atoms with Crippen LogP contribution in [0.3, 0.4) is 0 Å². The summed E-state index contributed by atoms with van der Waals surface area (Å²) in [6.45, 7) is 4.06. The van der Waals surface area contributed by atoms with Gasteiger partial charge in [0.1, 0.15) is 12.4 Å². The Morgan fingerprint density at radius 3 is 2.94 bits per heavy atom. The second-order valence-corrected chi connectivity index (χ2v) is 8.50. The van der Waals surface area contributed by atoms with E-state index in [0.29, 0.717) is 51.4 Å². The summed E-state index contributed by atoms with van der Waals surface area (Å²) >= 11 is 0. The molecule has 1 saturated heterocycles. The van der Waals surface area contributed by atoms with Crippen molar-refractivity contribution in [2.75, 3.05) is 44.7 Å². The molecule has 176 valence electrons. The third-order valence-electron chi connectivity index (χ3n) is 5.90. The summed E-state index contributed by atoms with van der Waals surface area (Å²) < 4.78 is 13.6. The molecule has 1 aromatic heterocycles. The minimum absolute atomic E-state index is 0.141. The number of hydrogen-bond acceptors (Lipinski definition) is 6. The molecule has 33 heavy (non-hydrogen) atoms. The van der Waals surface area contributed by atoms with Gasteiger partial charge in [0.05, 0.1) is 31.1 Å². The normalized spacial score (nSPS) is 22.9. The number of nitrogens with one attached hydrogen (secondary N) is 2. The van der Waals surface area contributed by atoms with E-state index in [1.165, 1.54) is 0 Å². The van der Waals surface area contributed by atoms with Gasteiger partial charge in [0, 0.05) is 32.8 Å². The largest absolute Gasteiger partial charge is 0.491 e. The van der Waals surface area contributed by atoms with Gasteiger partial charge in [0.15, 0.2) is 5.60 Å². The first-order valence-corrected chi connectivity index (χ1v) is 11.3. The van der Waals surface area contributed by atoms with Gasteiger partial charge < -0.3 is 20.1 Å². The lowest BCUT2D eigenvalue weighted by atomic mass is 9.94. The van der Waals surface area contributed by atoms with Crippen molar-refractivity contribution in [2.45, 2.75) is 25.4 Å². The molecule has 9 nitrogen and oxygen atoms in total. The number of allylic oxidation sites excluding steroid dienone is 1. The summed E-state index contributed by atoms with van der Waals surface area (Å²) in [7, 11) is 1.81. The van der Waals surface area contributed by atoms with Crippen LogP contribution in [0.5, 0.6) is 5.75 Å². The zero-order valence-electron chi connectivity index (χ0n) is 19.2. The maximum Gasteiger partial charge on any atom is 0.254 e. The number of ether oxygens (including phenoxy) is 2. The Balaban J connectivity index is 1.44. The van der Waals surface area contributed by atoms with Crippen molar-refractivity contribution in [3.05, 3.63) is 53.9 Å². The first-order chi connectivity index (χ1) is 15.9. The molecule has 9 heteroatoms. The molecule has 2 aromatic rings. The monoisotopic (exact) mass is 453 g/mol. The molecule has 3 heterocycles. The summed E-state index contributed by atoms with van der Waals surface area (Å²) in [5, 5.41) is 10.1. The highest BCUT2D eigenvalue weighted by molar-refractivity contribution is 5.92. The highest BCUT2D eigenvalue weighted by atomic mass is 16.5. The fourth-order valence-corrected chi connectivity index (χ4v) is 4.24. The number of morpholine rings is 1. The van der Waals surface area contributed by atoms with Gasteiger partial charge in [-0.2, -0.15) is 5.10 Å². The maximum absolute atomic E-state index is 13.2. The van der Waals surface area contributed by atoms with E-state index in [1.54, 1.807) is 10.9 Å². The number of anilines is 1. The summed E-state index contributed by atoms with van der Waals surface area (Å²) in [6, 6.07) is 7.92. The number of nitrogens with zero attached hydrogens (tertiary/aromatic N) is 3. The molecule has 2 aliphatic rings. The lowest BCUT2D eigenvalue weighted by molar-refractivity contribution is -0.160. The molecule has 1 fully saturated rings. The molecule has 0 saturated carbocycles. The van der Waals surface area contributed by atoms with Crippen molar-refractivity contribution in [1.82, 2.24) is 20.0 Å². The molecule has 0 bridgehead atoms. The number of amides is 2. The highest BCUT2D eigenvalue weighted by Crippen LogP contribution is 2.25. The number of aryl methyl sites for hydroxylation is 2. The third kappa shape index (κ3) is 5.61. The lowest BCUT2D eigenvalue weighted by Gasteiger charge is -2.41. The molecule has 1 atom stereocenters. The minimum atomic E-state index is -1.04. The summed E-state index contributed by atoms with van der Waals surface area (Å²) in [5.74, 6) is 0.511. The van der Waals surface area contributed by atoms with Crippen LogP contribution in [0, 0.1) is 6.92 Å². The van der Waals surface area contributed by atoms with Crippen LogP contribution in [-0.2, 0) is 27.8 Å². The summed E-state index contributed by atoms with van der Waals surface area (Å²) in [5.41, 5.74) is 1.51. The first-order valence-electron chi connectivity index (χ1n) is 11.3. The predicted molar refractivity (Wildman–Crippen MR) is 124 cm³/mol. The van der Waals surface area contributed by atoms with Gasteiger partial charge in [-0.15, -0.1) is 0 Å². The number of carbonyl (C=O) groups excluding carboxylic acids is 2. The smallest absolute Gasteiger partial charge is 0.254 e. The Labute approximate surface area is 193 Å². The van der Waals surface area contributed by atoms with Crippen LogP contribution in [0.25, 0.3) is 0 Å². The number of aromatic nitrogens is 2. The maximum atomic E-state index is 13.2. The zero-order chi connectivity index (χ0) is 23.3. The molecular formula is C24H31N5O4. The van der Waals surface area contributed by atoms with Gasteiger partial charge in [-0.25, -0.2) is 0 Å². The van der Waals surface area contributed by atoms with Crippen LogP contribution in [0.1, 0.15) is 17.7 Å². The lowest BCUT2D eigenvalue weighted by Crippen LogP contribution is -2.60. The Morgan fingerprint density at radius 1 is 1.27 bits per heavy atom. The SMILES string of the molecule is Cc1nn(C)cc1NC(=O)CN1CCOC2(C/C=C/Cc3ccccc3OCCNC2=O)C1. The topological polar surface area (TPSA) is 97.7 Å². The first kappa shape index (κ1) is 23.0. The second kappa shape index (κ2) is 10.2. The molecule has 4 rings (SSSR count). The third-order valence-corrected chi connectivity index (χ3v) is 5.90. The van der Waals surface area contributed by atoms with Crippen LogP contribution in [-0.4, -0.2) is 71.5 Å². The Hall–Kier alpha value is -3.17. The molecule has 1 aromatic carbocycles. The molecule has 2 N–H and O–H groups in total. The van der Waals surface area contributed by atoms with E-state index < -0.39 is 5.60 Å². The van der Waals surface area contributed by atoms with Crippen LogP contribution < -0.4 is 15.4 Å². The quantitative estimate of drug-likeness (QED) is 0.683. The van der Waals surface area contributed by atoms with Gasteiger partial charge in [-0.05, 0) is 25.0 Å². The molecule has 0 radical (unpaired) electrons. The highest BCUT2D eigenvalue weighted by Gasteiger charge is 2.43. The van der Waals surface area contributed by atoms with E-state index in [0.717, 1.165) is 17.0 Å². The van der Waals surface area contributed by atoms with Crippen molar-refractivity contribution >= 4 is 17.5 Å². The van der Waals surface area contributed by atoms with E-state index in [1.807, 2.05) is 55.3 Å². The average molecular weight is 454 g/mol. The Bertz CT molecular complexity index is 1030. The molecule has 1 unspecified atom stereocenters. The number of para-hydroxylation sites is 1. The van der Waals surface area contributed by atoms with Crippen molar-refractivity contribution in [1.29, 1.82) is 0 Å². The standard InChI is InChI=1S/C24H31N5O4/c1-18-20(15-28(2)27-18)26-22(30)16-29-12-14-33-24(17-29)10-6-5-8-19-7-3-4-9-21(19)32-13-11-25-23(24)31/h3-7,9,15H,8,10-14,16-17H2,1-2H3,(H,25,31)(H,26,30)/b6-5+. The molecule has 0 aliphatic carbocycles. The van der Waals surface area contributed by atoms with E-state index in [2.05, 4.69) is 15.7 Å². The van der Waals surface area contributed by atoms with Crippen molar-refractivity contribution in [3.63, 3.8) is 0 Å². The van der Waals surface area contributed by atoms with Gasteiger partial charge in [-0.3, -0.25) is 19.2 Å². The molecule has 2 aliphatic heterocycles. The summed E-state index contributed by atoms with van der Waals surface area (Å²) in [6.07, 6.45) is 6.95. The number of hydrogen-bond donors (Lipinski definition) is 2. The molecule has 2 amide bonds. The van der Waals surface area contributed by atoms with Crippen molar-refractivity contribution < 1.29 is 19.1 Å². The van der Waals surface area contributed by atoms with E-state index in [9.17, 15) is 9.59 Å². The van der Waals surface area contributed by atoms with E-state index >= 15 is 0 Å².